The first-order valence-electron chi connectivity index (χ1n) is 10.9. The number of anilines is 1. The topological polar surface area (TPSA) is 50.7 Å². The van der Waals surface area contributed by atoms with E-state index in [1.165, 1.54) is 42.0 Å². The van der Waals surface area contributed by atoms with E-state index in [4.69, 9.17) is 0 Å². The zero-order valence-electron chi connectivity index (χ0n) is 17.9. The van der Waals surface area contributed by atoms with Crippen LogP contribution in [0.2, 0.25) is 0 Å². The van der Waals surface area contributed by atoms with Gasteiger partial charge in [-0.2, -0.15) is 5.10 Å². The Kier molecular flexibility index (Phi) is 5.79. The number of nitrogens with one attached hydrogen (secondary N) is 1. The molecule has 1 N–H and O–H groups in total. The molecule has 4 heteroatoms. The van der Waals surface area contributed by atoms with E-state index in [1.807, 2.05) is 18.5 Å². The molecule has 4 rings (SSSR count). The molecule has 1 aliphatic rings. The number of benzene rings is 1. The second-order valence-electron chi connectivity index (χ2n) is 9.46. The molecule has 152 valence electrons. The van der Waals surface area contributed by atoms with Gasteiger partial charge in [0, 0.05) is 29.2 Å². The Labute approximate surface area is 174 Å². The van der Waals surface area contributed by atoms with E-state index in [9.17, 15) is 0 Å². The number of hydrogen-bond acceptors (Lipinski definition) is 4. The lowest BCUT2D eigenvalue weighted by atomic mass is 9.71. The highest BCUT2D eigenvalue weighted by molar-refractivity contribution is 5.93. The Morgan fingerprint density at radius 3 is 2.34 bits per heavy atom. The van der Waals surface area contributed by atoms with Crippen molar-refractivity contribution in [2.24, 2.45) is 11.3 Å². The third-order valence-electron chi connectivity index (χ3n) is 6.43. The van der Waals surface area contributed by atoms with Gasteiger partial charge >= 0.3 is 0 Å². The molecule has 29 heavy (non-hydrogen) atoms. The molecule has 2 aromatic heterocycles. The van der Waals surface area contributed by atoms with Crippen LogP contribution in [0.4, 0.5) is 5.82 Å². The minimum atomic E-state index is 0.410. The number of nitrogens with zero attached hydrogens (tertiary/aromatic N) is 3. The summed E-state index contributed by atoms with van der Waals surface area (Å²) in [6.45, 7) is 7.11. The van der Waals surface area contributed by atoms with Crippen molar-refractivity contribution >= 4 is 16.6 Å². The summed E-state index contributed by atoms with van der Waals surface area (Å²) in [4.78, 5) is 4.21. The Hall–Kier alpha value is -2.49. The van der Waals surface area contributed by atoms with Crippen molar-refractivity contribution < 1.29 is 0 Å². The van der Waals surface area contributed by atoms with Crippen LogP contribution in [0.15, 0.2) is 48.8 Å². The largest absolute Gasteiger partial charge is 0.365 e. The van der Waals surface area contributed by atoms with Crippen LogP contribution < -0.4 is 5.32 Å². The first kappa shape index (κ1) is 19.8. The lowest BCUT2D eigenvalue weighted by Gasteiger charge is -2.37. The molecule has 1 aromatic carbocycles. The maximum atomic E-state index is 4.61. The zero-order valence-corrected chi connectivity index (χ0v) is 17.9. The molecule has 3 aromatic rings. The van der Waals surface area contributed by atoms with Crippen molar-refractivity contribution in [2.45, 2.75) is 65.3 Å². The summed E-state index contributed by atoms with van der Waals surface area (Å²) in [5, 5.41) is 15.3. The average Bonchev–Trinajstić information content (AvgIpc) is 2.74. The molecule has 1 aliphatic carbocycles. The number of fused-ring (bicyclic) bond motifs is 1. The second kappa shape index (κ2) is 8.48. The SMILES string of the molecule is CC(C)(C)C1CCC(Nc2nnc(CCc3cccnc3)c3ccccc23)CC1. The van der Waals surface area contributed by atoms with E-state index in [0.717, 1.165) is 30.3 Å². The van der Waals surface area contributed by atoms with Crippen molar-refractivity contribution in [1.82, 2.24) is 15.2 Å². The van der Waals surface area contributed by atoms with Gasteiger partial charge in [-0.15, -0.1) is 5.10 Å². The van der Waals surface area contributed by atoms with E-state index in [-0.39, 0.29) is 0 Å². The normalized spacial score (nSPS) is 20.0. The van der Waals surface area contributed by atoms with Crippen molar-refractivity contribution in [3.05, 3.63) is 60.0 Å². The molecular formula is C25H32N4. The second-order valence-corrected chi connectivity index (χ2v) is 9.46. The van der Waals surface area contributed by atoms with Crippen LogP contribution in [0.1, 0.15) is 57.7 Å². The van der Waals surface area contributed by atoms with E-state index in [1.54, 1.807) is 0 Å². The van der Waals surface area contributed by atoms with Gasteiger partial charge in [0.15, 0.2) is 5.82 Å². The molecule has 1 saturated carbocycles. The zero-order chi connectivity index (χ0) is 20.3. The van der Waals surface area contributed by atoms with E-state index >= 15 is 0 Å². The van der Waals surface area contributed by atoms with Crippen LogP contribution in [-0.2, 0) is 12.8 Å². The summed E-state index contributed by atoms with van der Waals surface area (Å²) in [6, 6.07) is 13.1. The number of aromatic nitrogens is 3. The molecular weight excluding hydrogens is 356 g/mol. The van der Waals surface area contributed by atoms with Crippen LogP contribution >= 0.6 is 0 Å². The highest BCUT2D eigenvalue weighted by atomic mass is 15.2. The summed E-state index contributed by atoms with van der Waals surface area (Å²) < 4.78 is 0. The summed E-state index contributed by atoms with van der Waals surface area (Å²) >= 11 is 0. The van der Waals surface area contributed by atoms with E-state index < -0.39 is 0 Å². The molecule has 1 fully saturated rings. The first-order valence-corrected chi connectivity index (χ1v) is 10.9. The van der Waals surface area contributed by atoms with Crippen molar-refractivity contribution in [2.75, 3.05) is 5.32 Å². The quantitative estimate of drug-likeness (QED) is 0.598. The lowest BCUT2D eigenvalue weighted by molar-refractivity contribution is 0.173. The Bertz CT molecular complexity index is 938. The van der Waals surface area contributed by atoms with Crippen molar-refractivity contribution in [3.8, 4) is 0 Å². The number of rotatable bonds is 5. The minimum absolute atomic E-state index is 0.410. The summed E-state index contributed by atoms with van der Waals surface area (Å²) in [6.07, 6.45) is 10.5. The number of pyridine rings is 1. The average molecular weight is 389 g/mol. The van der Waals surface area contributed by atoms with Crippen LogP contribution in [0.5, 0.6) is 0 Å². The summed E-state index contributed by atoms with van der Waals surface area (Å²) in [7, 11) is 0. The lowest BCUT2D eigenvalue weighted by Crippen LogP contribution is -2.32. The smallest absolute Gasteiger partial charge is 0.156 e. The molecule has 0 unspecified atom stereocenters. The van der Waals surface area contributed by atoms with Crippen LogP contribution in [0, 0.1) is 11.3 Å². The third kappa shape index (κ3) is 4.75. The highest BCUT2D eigenvalue weighted by Gasteiger charge is 2.30. The standard InChI is InChI=1S/C25H32N4/c1-25(2,3)19-11-13-20(14-12-19)27-24-22-9-5-4-8-21(22)23(28-29-24)15-10-18-7-6-16-26-17-18/h4-9,16-17,19-20H,10-15H2,1-3H3,(H,27,29). The maximum absolute atomic E-state index is 4.61. The first-order chi connectivity index (χ1) is 14.0. The summed E-state index contributed by atoms with van der Waals surface area (Å²) in [5.74, 6) is 1.75. The Morgan fingerprint density at radius 2 is 1.66 bits per heavy atom. The summed E-state index contributed by atoms with van der Waals surface area (Å²) in [5.41, 5.74) is 2.70. The minimum Gasteiger partial charge on any atom is -0.365 e. The number of hydrogen-bond donors (Lipinski definition) is 1. The molecule has 0 saturated heterocycles. The van der Waals surface area contributed by atoms with Gasteiger partial charge in [-0.05, 0) is 61.5 Å². The van der Waals surface area contributed by atoms with Gasteiger partial charge < -0.3 is 5.32 Å². The van der Waals surface area contributed by atoms with E-state index in [0.29, 0.717) is 11.5 Å². The molecule has 0 aliphatic heterocycles. The predicted molar refractivity (Wildman–Crippen MR) is 120 cm³/mol. The molecule has 0 spiro atoms. The van der Waals surface area contributed by atoms with Gasteiger partial charge in [-0.25, -0.2) is 0 Å². The molecule has 0 amide bonds. The van der Waals surface area contributed by atoms with Crippen molar-refractivity contribution in [1.29, 1.82) is 0 Å². The fourth-order valence-electron chi connectivity index (χ4n) is 4.56. The van der Waals surface area contributed by atoms with Gasteiger partial charge in [0.05, 0.1) is 5.69 Å². The Morgan fingerprint density at radius 1 is 0.897 bits per heavy atom. The van der Waals surface area contributed by atoms with Crippen LogP contribution in [0.3, 0.4) is 0 Å². The monoisotopic (exact) mass is 388 g/mol. The molecule has 2 heterocycles. The molecule has 0 radical (unpaired) electrons. The predicted octanol–water partition coefficient (Wildman–Crippen LogP) is 5.83. The van der Waals surface area contributed by atoms with Crippen LogP contribution in [-0.4, -0.2) is 21.2 Å². The third-order valence-corrected chi connectivity index (χ3v) is 6.43. The molecule has 0 atom stereocenters. The molecule has 4 nitrogen and oxygen atoms in total. The Balaban J connectivity index is 1.48. The number of aryl methyl sites for hydroxylation is 2. The molecule has 0 bridgehead atoms. The fraction of sp³-hybridized carbons (Fsp3) is 0.480. The van der Waals surface area contributed by atoms with Gasteiger partial charge in [0.1, 0.15) is 0 Å². The van der Waals surface area contributed by atoms with Gasteiger partial charge in [0.2, 0.25) is 0 Å². The van der Waals surface area contributed by atoms with Gasteiger partial charge in [-0.3, -0.25) is 4.98 Å². The van der Waals surface area contributed by atoms with Gasteiger partial charge in [0.25, 0.3) is 0 Å². The van der Waals surface area contributed by atoms with Gasteiger partial charge in [-0.1, -0.05) is 51.1 Å². The van der Waals surface area contributed by atoms with Crippen molar-refractivity contribution in [3.63, 3.8) is 0 Å². The maximum Gasteiger partial charge on any atom is 0.156 e. The van der Waals surface area contributed by atoms with Crippen LogP contribution in [0.25, 0.3) is 10.8 Å². The highest BCUT2D eigenvalue weighted by Crippen LogP contribution is 2.38. The fourth-order valence-corrected chi connectivity index (χ4v) is 4.56. The van der Waals surface area contributed by atoms with E-state index in [2.05, 4.69) is 71.6 Å².